The Balaban J connectivity index is 1.92. The van der Waals surface area contributed by atoms with E-state index in [0.717, 1.165) is 0 Å². The number of hydrogen-bond donors (Lipinski definition) is 1. The van der Waals surface area contributed by atoms with Crippen LogP contribution in [0.2, 0.25) is 0 Å². The molecule has 0 fully saturated rings. The van der Waals surface area contributed by atoms with E-state index in [1.165, 1.54) is 12.1 Å². The number of nitrogens with one attached hydrogen (secondary N) is 1. The summed E-state index contributed by atoms with van der Waals surface area (Å²) in [6.07, 6.45) is -5.19. The van der Waals surface area contributed by atoms with Gasteiger partial charge in [0, 0.05) is 12.0 Å². The van der Waals surface area contributed by atoms with Crippen LogP contribution in [0.3, 0.4) is 0 Å². The van der Waals surface area contributed by atoms with Gasteiger partial charge in [0.15, 0.2) is 17.3 Å². The van der Waals surface area contributed by atoms with Crippen LogP contribution in [0.15, 0.2) is 12.1 Å². The van der Waals surface area contributed by atoms with Gasteiger partial charge in [0.05, 0.1) is 6.04 Å². The maximum Gasteiger partial charge on any atom is 0.471 e. The molecule has 0 aromatic heterocycles. The summed E-state index contributed by atoms with van der Waals surface area (Å²) in [4.78, 5) is 22.7. The summed E-state index contributed by atoms with van der Waals surface area (Å²) in [5.74, 6) is -1.68. The van der Waals surface area contributed by atoms with E-state index in [4.69, 9.17) is 9.47 Å². The first-order valence-electron chi connectivity index (χ1n) is 5.70. The molecule has 1 aromatic carbocycles. The lowest BCUT2D eigenvalue weighted by atomic mass is 10.1. The molecule has 3 rings (SSSR count). The summed E-state index contributed by atoms with van der Waals surface area (Å²) >= 11 is 0. The predicted octanol–water partition coefficient (Wildman–Crippen LogP) is 1.72. The summed E-state index contributed by atoms with van der Waals surface area (Å²) < 4.78 is 47.0. The van der Waals surface area contributed by atoms with Gasteiger partial charge >= 0.3 is 12.1 Å². The molecule has 0 bridgehead atoms. The predicted molar refractivity (Wildman–Crippen MR) is 58.5 cm³/mol. The fourth-order valence-corrected chi connectivity index (χ4v) is 2.26. The lowest BCUT2D eigenvalue weighted by molar-refractivity contribution is -0.174. The number of carbonyl (C=O) groups excluding carboxylic acids is 2. The van der Waals surface area contributed by atoms with Gasteiger partial charge in [-0.2, -0.15) is 13.2 Å². The van der Waals surface area contributed by atoms with Gasteiger partial charge in [0.2, 0.25) is 6.79 Å². The Hall–Kier alpha value is -2.25. The minimum absolute atomic E-state index is 0.00794. The van der Waals surface area contributed by atoms with Gasteiger partial charge in [-0.05, 0) is 17.7 Å². The van der Waals surface area contributed by atoms with Crippen molar-refractivity contribution in [1.82, 2.24) is 5.32 Å². The van der Waals surface area contributed by atoms with Crippen LogP contribution in [-0.2, 0) is 4.79 Å². The van der Waals surface area contributed by atoms with E-state index in [9.17, 15) is 22.8 Å². The van der Waals surface area contributed by atoms with Gasteiger partial charge in [0.1, 0.15) is 0 Å². The number of halogens is 3. The second-order valence-electron chi connectivity index (χ2n) is 4.44. The van der Waals surface area contributed by atoms with Gasteiger partial charge in [-0.15, -0.1) is 0 Å². The Labute approximate surface area is 110 Å². The monoisotopic (exact) mass is 287 g/mol. The van der Waals surface area contributed by atoms with E-state index < -0.39 is 18.1 Å². The van der Waals surface area contributed by atoms with Crippen molar-refractivity contribution < 1.29 is 32.2 Å². The summed E-state index contributed by atoms with van der Waals surface area (Å²) in [5.41, 5.74) is 0.568. The topological polar surface area (TPSA) is 64.6 Å². The SMILES string of the molecule is O=C1C[C@H](NC(=O)C(F)(F)F)c2cc3c(cc21)OCO3. The molecule has 1 heterocycles. The molecule has 0 unspecified atom stereocenters. The molecule has 0 saturated carbocycles. The van der Waals surface area contributed by atoms with E-state index in [0.29, 0.717) is 17.1 Å². The smallest absolute Gasteiger partial charge is 0.454 e. The lowest BCUT2D eigenvalue weighted by Gasteiger charge is -2.15. The van der Waals surface area contributed by atoms with E-state index in [2.05, 4.69) is 0 Å². The maximum atomic E-state index is 12.3. The fourth-order valence-electron chi connectivity index (χ4n) is 2.26. The van der Waals surface area contributed by atoms with Crippen LogP contribution < -0.4 is 14.8 Å². The number of amides is 1. The van der Waals surface area contributed by atoms with Crippen molar-refractivity contribution in [2.45, 2.75) is 18.6 Å². The molecule has 1 amide bonds. The molecule has 20 heavy (non-hydrogen) atoms. The molecule has 0 saturated heterocycles. The quantitative estimate of drug-likeness (QED) is 0.854. The third-order valence-corrected chi connectivity index (χ3v) is 3.17. The van der Waals surface area contributed by atoms with Crippen molar-refractivity contribution in [1.29, 1.82) is 0 Å². The standard InChI is InChI=1S/C12H8F3NO4/c13-12(14,15)11(18)16-7-3-8(17)6-2-10-9(1-5(6)7)19-4-20-10/h1-2,7H,3-4H2,(H,16,18)/t7-/m0/s1. The number of rotatable bonds is 1. The van der Waals surface area contributed by atoms with Crippen LogP contribution in [0.25, 0.3) is 0 Å². The molecule has 1 aromatic rings. The number of ketones is 1. The molecule has 1 atom stereocenters. The second kappa shape index (κ2) is 4.12. The Kier molecular flexibility index (Phi) is 2.63. The summed E-state index contributed by atoms with van der Waals surface area (Å²) in [5, 5.41) is 1.82. The fraction of sp³-hybridized carbons (Fsp3) is 0.333. The molecule has 8 heteroatoms. The van der Waals surface area contributed by atoms with Crippen LogP contribution >= 0.6 is 0 Å². The molecule has 1 N–H and O–H groups in total. The molecule has 106 valence electrons. The van der Waals surface area contributed by atoms with E-state index >= 15 is 0 Å². The van der Waals surface area contributed by atoms with Crippen molar-refractivity contribution in [3.63, 3.8) is 0 Å². The van der Waals surface area contributed by atoms with Crippen LogP contribution in [-0.4, -0.2) is 24.7 Å². The number of fused-ring (bicyclic) bond motifs is 2. The van der Waals surface area contributed by atoms with Gasteiger partial charge in [-0.1, -0.05) is 0 Å². The summed E-state index contributed by atoms with van der Waals surface area (Å²) in [7, 11) is 0. The van der Waals surface area contributed by atoms with Crippen molar-refractivity contribution in [3.05, 3.63) is 23.3 Å². The van der Waals surface area contributed by atoms with Crippen molar-refractivity contribution in [2.75, 3.05) is 6.79 Å². The second-order valence-corrected chi connectivity index (χ2v) is 4.44. The van der Waals surface area contributed by atoms with Crippen molar-refractivity contribution in [3.8, 4) is 11.5 Å². The average molecular weight is 287 g/mol. The highest BCUT2D eigenvalue weighted by Crippen LogP contribution is 2.41. The highest BCUT2D eigenvalue weighted by Gasteiger charge is 2.42. The molecular weight excluding hydrogens is 279 g/mol. The zero-order valence-electron chi connectivity index (χ0n) is 9.91. The van der Waals surface area contributed by atoms with Gasteiger partial charge < -0.3 is 14.8 Å². The first-order valence-corrected chi connectivity index (χ1v) is 5.70. The van der Waals surface area contributed by atoms with Crippen LogP contribution in [0.4, 0.5) is 13.2 Å². The largest absolute Gasteiger partial charge is 0.471 e. The highest BCUT2D eigenvalue weighted by atomic mass is 19.4. The van der Waals surface area contributed by atoms with E-state index in [1.807, 2.05) is 5.32 Å². The third kappa shape index (κ3) is 1.97. The van der Waals surface area contributed by atoms with Crippen molar-refractivity contribution >= 4 is 11.7 Å². The van der Waals surface area contributed by atoms with Crippen molar-refractivity contribution in [2.24, 2.45) is 0 Å². The van der Waals surface area contributed by atoms with Gasteiger partial charge in [-0.25, -0.2) is 0 Å². The van der Waals surface area contributed by atoms with Crippen LogP contribution in [0.1, 0.15) is 28.4 Å². The number of alkyl halides is 3. The number of ether oxygens (including phenoxy) is 2. The molecular formula is C12H8F3NO4. The first-order chi connectivity index (χ1) is 9.36. The zero-order valence-corrected chi connectivity index (χ0v) is 9.91. The third-order valence-electron chi connectivity index (χ3n) is 3.17. The highest BCUT2D eigenvalue weighted by molar-refractivity contribution is 6.02. The molecule has 5 nitrogen and oxygen atoms in total. The van der Waals surface area contributed by atoms with Gasteiger partial charge in [0.25, 0.3) is 0 Å². The summed E-state index contributed by atoms with van der Waals surface area (Å²) in [6.45, 7) is -0.00794. The van der Waals surface area contributed by atoms with E-state index in [1.54, 1.807) is 0 Å². The minimum atomic E-state index is -4.98. The Bertz CT molecular complexity index is 611. The first kappa shape index (κ1) is 12.8. The summed E-state index contributed by atoms with van der Waals surface area (Å²) in [6, 6.07) is 1.87. The molecule has 1 aliphatic heterocycles. The number of Topliss-reactive ketones (excluding diaryl/α,β-unsaturated/α-hetero) is 1. The number of benzene rings is 1. The molecule has 0 radical (unpaired) electrons. The maximum absolute atomic E-state index is 12.3. The zero-order chi connectivity index (χ0) is 14.5. The van der Waals surface area contributed by atoms with Crippen LogP contribution in [0, 0.1) is 0 Å². The Morgan fingerprint density at radius 3 is 2.55 bits per heavy atom. The number of carbonyl (C=O) groups is 2. The van der Waals surface area contributed by atoms with Crippen LogP contribution in [0.5, 0.6) is 11.5 Å². The molecule has 2 aliphatic rings. The normalized spacial score (nSPS) is 19.9. The van der Waals surface area contributed by atoms with E-state index in [-0.39, 0.29) is 24.6 Å². The average Bonchev–Trinajstić information content (AvgIpc) is 2.92. The lowest BCUT2D eigenvalue weighted by Crippen LogP contribution is -2.38. The molecule has 1 aliphatic carbocycles. The molecule has 0 spiro atoms. The van der Waals surface area contributed by atoms with Gasteiger partial charge in [-0.3, -0.25) is 9.59 Å². The Morgan fingerprint density at radius 1 is 1.25 bits per heavy atom. The number of hydrogen-bond acceptors (Lipinski definition) is 4. The minimum Gasteiger partial charge on any atom is -0.454 e. The Morgan fingerprint density at radius 2 is 1.90 bits per heavy atom.